The molecule has 1 aromatic heterocycles. The molecule has 22 heavy (non-hydrogen) atoms. The Hall–Kier alpha value is -1.65. The summed E-state index contributed by atoms with van der Waals surface area (Å²) < 4.78 is 1.97. The van der Waals surface area contributed by atoms with Crippen molar-refractivity contribution in [1.29, 1.82) is 0 Å². The van der Waals surface area contributed by atoms with Crippen LogP contribution in [-0.4, -0.2) is 38.5 Å². The van der Waals surface area contributed by atoms with Crippen molar-refractivity contribution in [2.75, 3.05) is 13.1 Å². The van der Waals surface area contributed by atoms with E-state index in [9.17, 15) is 5.11 Å². The van der Waals surface area contributed by atoms with E-state index in [1.165, 1.54) is 5.56 Å². The van der Waals surface area contributed by atoms with Crippen molar-refractivity contribution < 1.29 is 5.11 Å². The van der Waals surface area contributed by atoms with Gasteiger partial charge >= 0.3 is 0 Å². The molecule has 0 spiro atoms. The van der Waals surface area contributed by atoms with Gasteiger partial charge in [-0.1, -0.05) is 19.1 Å². The van der Waals surface area contributed by atoms with Gasteiger partial charge in [-0.05, 0) is 58.0 Å². The van der Waals surface area contributed by atoms with Crippen LogP contribution in [0.5, 0.6) is 0 Å². The summed E-state index contributed by atoms with van der Waals surface area (Å²) in [6, 6.07) is 10.6. The minimum Gasteiger partial charge on any atom is -0.389 e. The summed E-state index contributed by atoms with van der Waals surface area (Å²) in [7, 11) is 0. The third-order valence-electron chi connectivity index (χ3n) is 3.65. The molecule has 0 fully saturated rings. The molecule has 4 nitrogen and oxygen atoms in total. The third kappa shape index (κ3) is 4.42. The fourth-order valence-electron chi connectivity index (χ4n) is 2.72. The second kappa shape index (κ2) is 6.63. The monoisotopic (exact) mass is 301 g/mol. The number of likely N-dealkylation sites (N-methyl/N-ethyl adjacent to an activating group) is 1. The van der Waals surface area contributed by atoms with Crippen LogP contribution in [0.2, 0.25) is 0 Å². The Kier molecular flexibility index (Phi) is 5.04. The molecule has 120 valence electrons. The number of aryl methyl sites for hydroxylation is 2. The lowest BCUT2D eigenvalue weighted by atomic mass is 10.1. The molecule has 1 aromatic carbocycles. The van der Waals surface area contributed by atoms with Gasteiger partial charge in [0.25, 0.3) is 0 Å². The van der Waals surface area contributed by atoms with E-state index in [-0.39, 0.29) is 0 Å². The largest absolute Gasteiger partial charge is 0.389 e. The van der Waals surface area contributed by atoms with Crippen LogP contribution in [-0.2, 0) is 6.54 Å². The molecule has 1 N–H and O–H groups in total. The zero-order valence-corrected chi connectivity index (χ0v) is 14.3. The lowest BCUT2D eigenvalue weighted by Crippen LogP contribution is -2.38. The summed E-state index contributed by atoms with van der Waals surface area (Å²) in [4.78, 5) is 2.25. The van der Waals surface area contributed by atoms with Gasteiger partial charge in [-0.3, -0.25) is 4.90 Å². The number of rotatable bonds is 6. The predicted molar refractivity (Wildman–Crippen MR) is 90.3 cm³/mol. The highest BCUT2D eigenvalue weighted by Crippen LogP contribution is 2.15. The molecule has 0 aliphatic rings. The molecule has 0 radical (unpaired) electrons. The maximum atomic E-state index is 9.97. The van der Waals surface area contributed by atoms with E-state index in [1.54, 1.807) is 0 Å². The van der Waals surface area contributed by atoms with Crippen LogP contribution in [0.4, 0.5) is 0 Å². The van der Waals surface area contributed by atoms with Gasteiger partial charge in [-0.15, -0.1) is 0 Å². The van der Waals surface area contributed by atoms with E-state index < -0.39 is 5.60 Å². The van der Waals surface area contributed by atoms with Crippen LogP contribution >= 0.6 is 0 Å². The van der Waals surface area contributed by atoms with Crippen molar-refractivity contribution in [1.82, 2.24) is 14.7 Å². The zero-order valence-electron chi connectivity index (χ0n) is 14.3. The molecule has 0 saturated carbocycles. The minimum atomic E-state index is -0.667. The van der Waals surface area contributed by atoms with Crippen molar-refractivity contribution >= 4 is 0 Å². The molecule has 1 heterocycles. The number of benzene rings is 1. The van der Waals surface area contributed by atoms with E-state index in [0.717, 1.165) is 30.2 Å². The Morgan fingerprint density at radius 3 is 2.27 bits per heavy atom. The number of hydrogen-bond acceptors (Lipinski definition) is 3. The van der Waals surface area contributed by atoms with Gasteiger partial charge in [0, 0.05) is 18.8 Å². The van der Waals surface area contributed by atoms with E-state index >= 15 is 0 Å². The first kappa shape index (κ1) is 16.7. The Bertz CT molecular complexity index is 608. The molecular formula is C18H27N3O. The topological polar surface area (TPSA) is 41.3 Å². The van der Waals surface area contributed by atoms with Gasteiger partial charge in [-0.25, -0.2) is 4.68 Å². The Balaban J connectivity index is 2.10. The summed E-state index contributed by atoms with van der Waals surface area (Å²) in [6.07, 6.45) is 0. The first-order chi connectivity index (χ1) is 10.3. The van der Waals surface area contributed by atoms with Crippen molar-refractivity contribution in [3.63, 3.8) is 0 Å². The molecule has 0 amide bonds. The van der Waals surface area contributed by atoms with E-state index in [0.29, 0.717) is 6.54 Å². The van der Waals surface area contributed by atoms with Gasteiger partial charge in [-0.2, -0.15) is 5.10 Å². The number of aromatic nitrogens is 2. The number of aliphatic hydroxyl groups is 1. The molecule has 0 unspecified atom stereocenters. The minimum absolute atomic E-state index is 0.667. The second-order valence-electron chi connectivity index (χ2n) is 6.62. The Morgan fingerprint density at radius 1 is 1.18 bits per heavy atom. The fourth-order valence-corrected chi connectivity index (χ4v) is 2.72. The lowest BCUT2D eigenvalue weighted by Gasteiger charge is -2.28. The summed E-state index contributed by atoms with van der Waals surface area (Å²) in [6.45, 7) is 12.3. The molecule has 0 aliphatic heterocycles. The standard InChI is InChI=1S/C18H27N3O/c1-6-20(13-18(4,5)22)12-16-7-9-17(10-8-16)21-15(3)11-14(2)19-21/h7-11,22H,6,12-13H2,1-5H3. The van der Waals surface area contributed by atoms with E-state index in [4.69, 9.17) is 0 Å². The van der Waals surface area contributed by atoms with Crippen LogP contribution in [0.1, 0.15) is 37.7 Å². The summed E-state index contributed by atoms with van der Waals surface area (Å²) in [5, 5.41) is 14.5. The molecule has 0 bridgehead atoms. The zero-order chi connectivity index (χ0) is 16.3. The van der Waals surface area contributed by atoms with Crippen LogP contribution in [0.25, 0.3) is 5.69 Å². The van der Waals surface area contributed by atoms with Gasteiger partial charge in [0.15, 0.2) is 0 Å². The van der Waals surface area contributed by atoms with E-state index in [2.05, 4.69) is 54.2 Å². The van der Waals surface area contributed by atoms with Crippen molar-refractivity contribution in [3.05, 3.63) is 47.3 Å². The summed E-state index contributed by atoms with van der Waals surface area (Å²) in [5.41, 5.74) is 3.84. The summed E-state index contributed by atoms with van der Waals surface area (Å²) in [5.74, 6) is 0. The van der Waals surface area contributed by atoms with Gasteiger partial charge < -0.3 is 5.11 Å². The van der Waals surface area contributed by atoms with Crippen molar-refractivity contribution in [2.45, 2.75) is 46.8 Å². The quantitative estimate of drug-likeness (QED) is 0.891. The van der Waals surface area contributed by atoms with Gasteiger partial charge in [0.05, 0.1) is 17.0 Å². The summed E-state index contributed by atoms with van der Waals surface area (Å²) >= 11 is 0. The smallest absolute Gasteiger partial charge is 0.0718 e. The third-order valence-corrected chi connectivity index (χ3v) is 3.65. The first-order valence-corrected chi connectivity index (χ1v) is 7.86. The van der Waals surface area contributed by atoms with Gasteiger partial charge in [0.2, 0.25) is 0 Å². The molecule has 2 rings (SSSR count). The molecule has 4 heteroatoms. The molecule has 0 saturated heterocycles. The maximum Gasteiger partial charge on any atom is 0.0718 e. The van der Waals surface area contributed by atoms with Crippen LogP contribution < -0.4 is 0 Å². The molecular weight excluding hydrogens is 274 g/mol. The van der Waals surface area contributed by atoms with Crippen LogP contribution in [0, 0.1) is 13.8 Å². The van der Waals surface area contributed by atoms with Crippen molar-refractivity contribution in [2.24, 2.45) is 0 Å². The number of hydrogen-bond donors (Lipinski definition) is 1. The molecule has 0 atom stereocenters. The van der Waals surface area contributed by atoms with Crippen LogP contribution in [0.15, 0.2) is 30.3 Å². The van der Waals surface area contributed by atoms with Crippen LogP contribution in [0.3, 0.4) is 0 Å². The average Bonchev–Trinajstić information content (AvgIpc) is 2.76. The highest BCUT2D eigenvalue weighted by atomic mass is 16.3. The fraction of sp³-hybridized carbons (Fsp3) is 0.500. The predicted octanol–water partition coefficient (Wildman–Crippen LogP) is 3.08. The van der Waals surface area contributed by atoms with Crippen molar-refractivity contribution in [3.8, 4) is 5.69 Å². The SMILES string of the molecule is CCN(Cc1ccc(-n2nc(C)cc2C)cc1)CC(C)(C)O. The van der Waals surface area contributed by atoms with Gasteiger partial charge in [0.1, 0.15) is 0 Å². The Morgan fingerprint density at radius 2 is 1.82 bits per heavy atom. The highest BCUT2D eigenvalue weighted by Gasteiger charge is 2.17. The lowest BCUT2D eigenvalue weighted by molar-refractivity contribution is 0.0353. The second-order valence-corrected chi connectivity index (χ2v) is 6.62. The Labute approximate surface area is 133 Å². The highest BCUT2D eigenvalue weighted by molar-refractivity contribution is 5.36. The molecule has 2 aromatic rings. The number of nitrogens with zero attached hydrogens (tertiary/aromatic N) is 3. The first-order valence-electron chi connectivity index (χ1n) is 7.86. The van der Waals surface area contributed by atoms with E-state index in [1.807, 2.05) is 25.5 Å². The maximum absolute atomic E-state index is 9.97. The average molecular weight is 301 g/mol. The molecule has 0 aliphatic carbocycles. The normalized spacial score (nSPS) is 12.1.